The molecule has 6 aliphatic rings. The summed E-state index contributed by atoms with van der Waals surface area (Å²) < 4.78 is 0. The third-order valence-corrected chi connectivity index (χ3v) is 19.2. The Morgan fingerprint density at radius 3 is 1.18 bits per heavy atom. The lowest BCUT2D eigenvalue weighted by atomic mass is 9.27. The van der Waals surface area contributed by atoms with Gasteiger partial charge in [0.25, 0.3) is 6.71 Å². The molecule has 378 valence electrons. The zero-order valence-electron chi connectivity index (χ0n) is 46.7. The first-order valence-corrected chi connectivity index (χ1v) is 28.3. The minimum Gasteiger partial charge on any atom is -0.311 e. The Morgan fingerprint density at radius 1 is 0.351 bits per heavy atom. The first-order chi connectivity index (χ1) is 36.8. The fourth-order valence-corrected chi connectivity index (χ4v) is 16.8. The van der Waals surface area contributed by atoms with Gasteiger partial charge in [0.05, 0.1) is 16.8 Å². The van der Waals surface area contributed by atoms with E-state index in [2.05, 4.69) is 279 Å². The van der Waals surface area contributed by atoms with Crippen molar-refractivity contribution in [2.45, 2.75) is 121 Å². The standard InChI is InChI=1S/C73H68BN3/c1-68(2,3)47-39-59-65-60(40-47)77(49-29-19-14-20-30-49)67-62-54(70(6,7)44-72(62,10)11)42-56-64(67)74(65)63-55(41-53-61(71(8,9)43-69(53,4)5)66(63)76(59)48-27-17-13-18-28-48)73(56)51-31-21-23-33-57(51)75(58-34-24-22-32-52(58)73)50-37-35-46(36-38-50)45-25-15-12-16-26-45/h12-42H,43-44H2,1-11H3. The van der Waals surface area contributed by atoms with Gasteiger partial charge in [-0.15, -0.1) is 0 Å². The second-order valence-electron chi connectivity index (χ2n) is 27.1. The molecule has 0 saturated carbocycles. The molecule has 9 aromatic rings. The highest BCUT2D eigenvalue weighted by atomic mass is 15.2. The first-order valence-electron chi connectivity index (χ1n) is 28.3. The molecule has 0 atom stereocenters. The Hall–Kier alpha value is -7.56. The van der Waals surface area contributed by atoms with Gasteiger partial charge in [-0.1, -0.05) is 204 Å². The molecule has 0 fully saturated rings. The lowest BCUT2D eigenvalue weighted by Crippen LogP contribution is -2.69. The van der Waals surface area contributed by atoms with E-state index in [1.807, 2.05) is 0 Å². The molecule has 15 rings (SSSR count). The van der Waals surface area contributed by atoms with Crippen LogP contribution in [0.15, 0.2) is 188 Å². The Morgan fingerprint density at radius 2 is 0.740 bits per heavy atom. The van der Waals surface area contributed by atoms with Gasteiger partial charge in [0.1, 0.15) is 0 Å². The second-order valence-corrected chi connectivity index (χ2v) is 27.1. The monoisotopic (exact) mass is 998 g/mol. The molecule has 0 N–H and O–H groups in total. The molecule has 0 radical (unpaired) electrons. The second kappa shape index (κ2) is 15.3. The summed E-state index contributed by atoms with van der Waals surface area (Å²) in [5.74, 6) is 0. The fourth-order valence-electron chi connectivity index (χ4n) is 16.8. The summed E-state index contributed by atoms with van der Waals surface area (Å²) in [6.45, 7) is 27.4. The number of benzene rings is 9. The van der Waals surface area contributed by atoms with Crippen LogP contribution in [0.4, 0.5) is 51.2 Å². The van der Waals surface area contributed by atoms with Crippen molar-refractivity contribution in [3.63, 3.8) is 0 Å². The molecular formula is C73H68BN3. The van der Waals surface area contributed by atoms with Gasteiger partial charge in [-0.2, -0.15) is 0 Å². The van der Waals surface area contributed by atoms with Crippen LogP contribution in [0.2, 0.25) is 0 Å². The molecule has 4 heterocycles. The van der Waals surface area contributed by atoms with Crippen molar-refractivity contribution in [1.29, 1.82) is 0 Å². The SMILES string of the molecule is CC(C)(C)c1cc2c3c(c1)N(c1ccccc1)c1c4c(cc5c1C(C)(C)CC5(C)C)C1(c5ccccc5N(c5ccc(-c6ccccc6)cc5)c5ccccc51)c1cc5c(c(c1B34)N2c1ccccc1)C(C)(C)CC5(C)C. The predicted octanol–water partition coefficient (Wildman–Crippen LogP) is 17.1. The normalized spacial score (nSPS) is 18.4. The summed E-state index contributed by atoms with van der Waals surface area (Å²) in [6.07, 6.45) is 2.12. The Kier molecular flexibility index (Phi) is 9.31. The minimum absolute atomic E-state index is 0.0351. The fraction of sp³-hybridized carbons (Fsp3) is 0.260. The topological polar surface area (TPSA) is 9.72 Å². The number of para-hydroxylation sites is 4. The molecular weight excluding hydrogens is 930 g/mol. The molecule has 77 heavy (non-hydrogen) atoms. The molecule has 0 saturated heterocycles. The van der Waals surface area contributed by atoms with Gasteiger partial charge in [-0.25, -0.2) is 0 Å². The number of hydrogen-bond donors (Lipinski definition) is 0. The van der Waals surface area contributed by atoms with Crippen molar-refractivity contribution >= 4 is 74.3 Å². The Labute approximate surface area is 457 Å². The predicted molar refractivity (Wildman–Crippen MR) is 326 cm³/mol. The van der Waals surface area contributed by atoms with Crippen LogP contribution in [0.5, 0.6) is 0 Å². The van der Waals surface area contributed by atoms with Crippen LogP contribution < -0.4 is 31.1 Å². The maximum absolute atomic E-state index is 2.78. The lowest BCUT2D eigenvalue weighted by Gasteiger charge is -2.56. The van der Waals surface area contributed by atoms with Crippen molar-refractivity contribution in [2.24, 2.45) is 0 Å². The molecule has 4 aliphatic heterocycles. The summed E-state index contributed by atoms with van der Waals surface area (Å²) in [5, 5.41) is 0. The van der Waals surface area contributed by atoms with Crippen LogP contribution in [0, 0.1) is 0 Å². The maximum Gasteiger partial charge on any atom is 0.253 e. The molecule has 1 spiro atoms. The van der Waals surface area contributed by atoms with E-state index in [1.165, 1.54) is 123 Å². The Bertz CT molecular complexity index is 3760. The summed E-state index contributed by atoms with van der Waals surface area (Å²) >= 11 is 0. The highest BCUT2D eigenvalue weighted by Crippen LogP contribution is 2.66. The van der Waals surface area contributed by atoms with Crippen LogP contribution in [0.25, 0.3) is 11.1 Å². The van der Waals surface area contributed by atoms with Gasteiger partial charge in [0, 0.05) is 39.8 Å². The van der Waals surface area contributed by atoms with Gasteiger partial charge >= 0.3 is 0 Å². The van der Waals surface area contributed by atoms with E-state index in [1.54, 1.807) is 0 Å². The van der Waals surface area contributed by atoms with Crippen molar-refractivity contribution in [3.8, 4) is 11.1 Å². The van der Waals surface area contributed by atoms with E-state index in [4.69, 9.17) is 0 Å². The third-order valence-electron chi connectivity index (χ3n) is 19.2. The van der Waals surface area contributed by atoms with E-state index in [0.717, 1.165) is 18.5 Å². The number of hydrogen-bond acceptors (Lipinski definition) is 3. The lowest BCUT2D eigenvalue weighted by molar-refractivity contribution is 0.403. The van der Waals surface area contributed by atoms with Crippen LogP contribution in [-0.2, 0) is 32.5 Å². The van der Waals surface area contributed by atoms with E-state index in [9.17, 15) is 0 Å². The summed E-state index contributed by atoms with van der Waals surface area (Å²) in [5.41, 5.74) is 29.8. The molecule has 4 heteroatoms. The zero-order valence-corrected chi connectivity index (χ0v) is 46.7. The summed E-state index contributed by atoms with van der Waals surface area (Å²) in [7, 11) is 0. The van der Waals surface area contributed by atoms with Crippen LogP contribution >= 0.6 is 0 Å². The van der Waals surface area contributed by atoms with Crippen molar-refractivity contribution < 1.29 is 0 Å². The third kappa shape index (κ3) is 6.11. The average Bonchev–Trinajstić information content (AvgIpc) is 2.93. The van der Waals surface area contributed by atoms with E-state index >= 15 is 0 Å². The van der Waals surface area contributed by atoms with Crippen molar-refractivity contribution in [3.05, 3.63) is 238 Å². The smallest absolute Gasteiger partial charge is 0.253 e. The van der Waals surface area contributed by atoms with E-state index in [0.29, 0.717) is 0 Å². The zero-order chi connectivity index (χ0) is 52.9. The number of nitrogens with zero attached hydrogens (tertiary/aromatic N) is 3. The van der Waals surface area contributed by atoms with Gasteiger partial charge in [-0.05, 0) is 178 Å². The highest BCUT2D eigenvalue weighted by molar-refractivity contribution is 7.01. The molecule has 0 bridgehead atoms. The largest absolute Gasteiger partial charge is 0.311 e. The Balaban J connectivity index is 1.18. The van der Waals surface area contributed by atoms with Gasteiger partial charge < -0.3 is 14.7 Å². The summed E-state index contributed by atoms with van der Waals surface area (Å²) in [6, 6.07) is 72.7. The molecule has 3 nitrogen and oxygen atoms in total. The molecule has 2 aliphatic carbocycles. The van der Waals surface area contributed by atoms with Crippen LogP contribution in [0.1, 0.15) is 139 Å². The number of anilines is 9. The van der Waals surface area contributed by atoms with Gasteiger partial charge in [0.15, 0.2) is 0 Å². The molecule has 0 aromatic heterocycles. The number of rotatable bonds is 4. The molecule has 0 unspecified atom stereocenters. The molecule has 0 amide bonds. The minimum atomic E-state index is -0.723. The van der Waals surface area contributed by atoms with Gasteiger partial charge in [-0.3, -0.25) is 0 Å². The van der Waals surface area contributed by atoms with E-state index < -0.39 is 5.41 Å². The first kappa shape index (κ1) is 46.7. The number of fused-ring (bicyclic) bond motifs is 10. The van der Waals surface area contributed by atoms with Crippen LogP contribution in [0.3, 0.4) is 0 Å². The maximum atomic E-state index is 2.78. The van der Waals surface area contributed by atoms with Crippen molar-refractivity contribution in [1.82, 2.24) is 0 Å². The van der Waals surface area contributed by atoms with Gasteiger partial charge in [0.2, 0.25) is 0 Å². The highest BCUT2D eigenvalue weighted by Gasteiger charge is 2.62. The average molecular weight is 998 g/mol. The quantitative estimate of drug-likeness (QED) is 0.163. The van der Waals surface area contributed by atoms with Crippen LogP contribution in [-0.4, -0.2) is 6.71 Å². The van der Waals surface area contributed by atoms with Crippen molar-refractivity contribution in [2.75, 3.05) is 14.7 Å². The molecule has 9 aromatic carbocycles. The van der Waals surface area contributed by atoms with E-state index in [-0.39, 0.29) is 33.8 Å². The summed E-state index contributed by atoms with van der Waals surface area (Å²) in [4.78, 5) is 8.10.